The van der Waals surface area contributed by atoms with E-state index in [0.717, 1.165) is 25.7 Å². The summed E-state index contributed by atoms with van der Waals surface area (Å²) in [7, 11) is 0. The topological polar surface area (TPSA) is 40.5 Å². The Hall–Kier alpha value is -0.940. The number of halogens is 2. The summed E-state index contributed by atoms with van der Waals surface area (Å²) in [6, 6.07) is 4.14. The molecule has 0 radical (unpaired) electrons. The van der Waals surface area contributed by atoms with E-state index in [0.29, 0.717) is 11.0 Å². The highest BCUT2D eigenvalue weighted by Crippen LogP contribution is 2.22. The molecule has 1 saturated heterocycles. The van der Waals surface area contributed by atoms with Gasteiger partial charge in [0.05, 0.1) is 18.2 Å². The van der Waals surface area contributed by atoms with Crippen molar-refractivity contribution in [3.8, 4) is 0 Å². The molecule has 1 atom stereocenters. The summed E-state index contributed by atoms with van der Waals surface area (Å²) in [5.41, 5.74) is 0.0646. The third-order valence-electron chi connectivity index (χ3n) is 3.51. The van der Waals surface area contributed by atoms with Crippen molar-refractivity contribution in [2.24, 2.45) is 0 Å². The SMILES string of the molecule is O=C(c1cc(Br)ccc1F)N1CCCCCC1CO. The minimum atomic E-state index is -0.519. The van der Waals surface area contributed by atoms with E-state index >= 15 is 0 Å². The quantitative estimate of drug-likeness (QED) is 0.906. The molecule has 1 fully saturated rings. The lowest BCUT2D eigenvalue weighted by Gasteiger charge is -2.28. The first-order valence-corrected chi connectivity index (χ1v) is 7.29. The number of likely N-dealkylation sites (tertiary alicyclic amines) is 1. The molecule has 1 unspecified atom stereocenters. The summed E-state index contributed by atoms with van der Waals surface area (Å²) in [4.78, 5) is 14.1. The van der Waals surface area contributed by atoms with Gasteiger partial charge in [0.1, 0.15) is 5.82 Å². The summed E-state index contributed by atoms with van der Waals surface area (Å²) in [5, 5.41) is 9.41. The maximum Gasteiger partial charge on any atom is 0.257 e. The highest BCUT2D eigenvalue weighted by Gasteiger charge is 2.27. The molecular formula is C14H17BrFNO2. The fourth-order valence-corrected chi connectivity index (χ4v) is 2.81. The first kappa shape index (κ1) is 14.5. The molecule has 5 heteroatoms. The molecule has 2 rings (SSSR count). The van der Waals surface area contributed by atoms with Crippen molar-refractivity contribution in [3.63, 3.8) is 0 Å². The predicted octanol–water partition coefficient (Wildman–Crippen LogP) is 2.97. The monoisotopic (exact) mass is 329 g/mol. The van der Waals surface area contributed by atoms with Crippen LogP contribution in [0, 0.1) is 5.82 Å². The van der Waals surface area contributed by atoms with Crippen LogP contribution < -0.4 is 0 Å². The van der Waals surface area contributed by atoms with E-state index in [-0.39, 0.29) is 24.1 Å². The number of nitrogens with zero attached hydrogens (tertiary/aromatic N) is 1. The molecular weight excluding hydrogens is 313 g/mol. The van der Waals surface area contributed by atoms with Gasteiger partial charge in [-0.1, -0.05) is 28.8 Å². The second-order valence-corrected chi connectivity index (χ2v) is 5.72. The first-order valence-electron chi connectivity index (χ1n) is 6.50. The van der Waals surface area contributed by atoms with Crippen molar-refractivity contribution >= 4 is 21.8 Å². The summed E-state index contributed by atoms with van der Waals surface area (Å²) in [5.74, 6) is -0.853. The van der Waals surface area contributed by atoms with Crippen LogP contribution in [0.3, 0.4) is 0 Å². The maximum atomic E-state index is 13.8. The van der Waals surface area contributed by atoms with Crippen molar-refractivity contribution < 1.29 is 14.3 Å². The van der Waals surface area contributed by atoms with Crippen molar-refractivity contribution in [3.05, 3.63) is 34.1 Å². The molecule has 104 valence electrons. The average Bonchev–Trinajstić information content (AvgIpc) is 2.65. The lowest BCUT2D eigenvalue weighted by Crippen LogP contribution is -2.42. The predicted molar refractivity (Wildman–Crippen MR) is 74.5 cm³/mol. The van der Waals surface area contributed by atoms with Crippen molar-refractivity contribution in [1.82, 2.24) is 4.90 Å². The summed E-state index contributed by atoms with van der Waals surface area (Å²) < 4.78 is 14.5. The average molecular weight is 330 g/mol. The van der Waals surface area contributed by atoms with Crippen LogP contribution in [-0.4, -0.2) is 35.1 Å². The van der Waals surface area contributed by atoms with Gasteiger partial charge in [-0.25, -0.2) is 4.39 Å². The number of benzene rings is 1. The zero-order valence-electron chi connectivity index (χ0n) is 10.6. The smallest absolute Gasteiger partial charge is 0.257 e. The lowest BCUT2D eigenvalue weighted by atomic mass is 10.1. The molecule has 1 amide bonds. The number of rotatable bonds is 2. The van der Waals surface area contributed by atoms with Crippen molar-refractivity contribution in [2.75, 3.05) is 13.2 Å². The fourth-order valence-electron chi connectivity index (χ4n) is 2.45. The second-order valence-electron chi connectivity index (χ2n) is 4.81. The Morgan fingerprint density at radius 1 is 1.42 bits per heavy atom. The number of amides is 1. The van der Waals surface area contributed by atoms with Gasteiger partial charge >= 0.3 is 0 Å². The third kappa shape index (κ3) is 3.34. The van der Waals surface area contributed by atoms with Gasteiger partial charge in [0.25, 0.3) is 5.91 Å². The lowest BCUT2D eigenvalue weighted by molar-refractivity contribution is 0.0595. The molecule has 1 aliphatic heterocycles. The summed E-state index contributed by atoms with van der Waals surface area (Å²) >= 11 is 3.25. The Balaban J connectivity index is 2.27. The van der Waals surface area contributed by atoms with Crippen molar-refractivity contribution in [1.29, 1.82) is 0 Å². The number of aliphatic hydroxyl groups is 1. The summed E-state index contributed by atoms with van der Waals surface area (Å²) in [6.07, 6.45) is 3.72. The Labute approximate surface area is 120 Å². The first-order chi connectivity index (χ1) is 9.13. The third-order valence-corrected chi connectivity index (χ3v) is 4.00. The van der Waals surface area contributed by atoms with Crippen LogP contribution >= 0.6 is 15.9 Å². The Morgan fingerprint density at radius 2 is 2.21 bits per heavy atom. The van der Waals surface area contributed by atoms with Gasteiger partial charge in [0, 0.05) is 11.0 Å². The van der Waals surface area contributed by atoms with Gasteiger partial charge < -0.3 is 10.0 Å². The van der Waals surface area contributed by atoms with Crippen LogP contribution in [-0.2, 0) is 0 Å². The van der Waals surface area contributed by atoms with Gasteiger partial charge in [-0.2, -0.15) is 0 Å². The molecule has 1 aromatic rings. The Kier molecular flexibility index (Phi) is 4.93. The maximum absolute atomic E-state index is 13.8. The van der Waals surface area contributed by atoms with Crippen LogP contribution in [0.25, 0.3) is 0 Å². The molecule has 1 aliphatic rings. The van der Waals surface area contributed by atoms with Gasteiger partial charge in [-0.15, -0.1) is 0 Å². The molecule has 0 spiro atoms. The molecule has 1 N–H and O–H groups in total. The Bertz CT molecular complexity index is 467. The highest BCUT2D eigenvalue weighted by molar-refractivity contribution is 9.10. The van der Waals surface area contributed by atoms with Crippen LogP contribution in [0.5, 0.6) is 0 Å². The minimum absolute atomic E-state index is 0.0646. The standard InChI is InChI=1S/C14H17BrFNO2/c15-10-5-6-13(16)12(8-10)14(19)17-7-3-1-2-4-11(17)9-18/h5-6,8,11,18H,1-4,7,9H2. The van der Waals surface area contributed by atoms with Gasteiger partial charge in [0.15, 0.2) is 0 Å². The van der Waals surface area contributed by atoms with E-state index in [1.54, 1.807) is 11.0 Å². The normalized spacial score (nSPS) is 20.2. The molecule has 1 aromatic carbocycles. The number of carbonyl (C=O) groups excluding carboxylic acids is 1. The van der Waals surface area contributed by atoms with Crippen LogP contribution in [0.4, 0.5) is 4.39 Å². The molecule has 1 heterocycles. The van der Waals surface area contributed by atoms with E-state index in [9.17, 15) is 14.3 Å². The minimum Gasteiger partial charge on any atom is -0.394 e. The molecule has 0 aromatic heterocycles. The largest absolute Gasteiger partial charge is 0.394 e. The molecule has 0 bridgehead atoms. The molecule has 19 heavy (non-hydrogen) atoms. The fraction of sp³-hybridized carbons (Fsp3) is 0.500. The highest BCUT2D eigenvalue weighted by atomic mass is 79.9. The zero-order chi connectivity index (χ0) is 13.8. The Morgan fingerprint density at radius 3 is 2.95 bits per heavy atom. The number of carbonyl (C=O) groups is 1. The number of aliphatic hydroxyl groups excluding tert-OH is 1. The second kappa shape index (κ2) is 6.48. The number of hydrogen-bond donors (Lipinski definition) is 1. The van der Waals surface area contributed by atoms with Crippen molar-refractivity contribution in [2.45, 2.75) is 31.7 Å². The van der Waals surface area contributed by atoms with E-state index in [1.807, 2.05) is 0 Å². The molecule has 3 nitrogen and oxygen atoms in total. The van der Waals surface area contributed by atoms with Crippen LogP contribution in [0.15, 0.2) is 22.7 Å². The zero-order valence-corrected chi connectivity index (χ0v) is 12.2. The van der Waals surface area contributed by atoms with E-state index in [4.69, 9.17) is 0 Å². The van der Waals surface area contributed by atoms with Gasteiger partial charge in [-0.05, 0) is 31.0 Å². The van der Waals surface area contributed by atoms with Crippen LogP contribution in [0.1, 0.15) is 36.0 Å². The summed E-state index contributed by atoms with van der Waals surface area (Å²) in [6.45, 7) is 0.511. The van der Waals surface area contributed by atoms with E-state index < -0.39 is 5.82 Å². The van der Waals surface area contributed by atoms with Gasteiger partial charge in [0.2, 0.25) is 0 Å². The van der Waals surface area contributed by atoms with Crippen LogP contribution in [0.2, 0.25) is 0 Å². The van der Waals surface area contributed by atoms with Gasteiger partial charge in [-0.3, -0.25) is 4.79 Å². The number of hydrogen-bond acceptors (Lipinski definition) is 2. The molecule has 0 aliphatic carbocycles. The van der Waals surface area contributed by atoms with E-state index in [2.05, 4.69) is 15.9 Å². The molecule has 0 saturated carbocycles. The van der Waals surface area contributed by atoms with E-state index in [1.165, 1.54) is 12.1 Å².